The highest BCUT2D eigenvalue weighted by Crippen LogP contribution is 2.32. The number of hydrogen-bond acceptors (Lipinski definition) is 9. The molecule has 2 heterocycles. The van der Waals surface area contributed by atoms with Crippen LogP contribution in [-0.4, -0.2) is 26.9 Å². The van der Waals surface area contributed by atoms with Crippen molar-refractivity contribution in [3.8, 4) is 5.88 Å². The summed E-state index contributed by atoms with van der Waals surface area (Å²) >= 11 is 16.4. The number of ether oxygens (including phenoxy) is 1. The maximum absolute atomic E-state index is 10.5. The van der Waals surface area contributed by atoms with Crippen LogP contribution in [0.3, 0.4) is 0 Å². The van der Waals surface area contributed by atoms with Gasteiger partial charge >= 0.3 is 11.4 Å². The fourth-order valence-corrected chi connectivity index (χ4v) is 2.21. The fourth-order valence-electron chi connectivity index (χ4n) is 1.50. The molecule has 0 fully saturated rings. The minimum Gasteiger partial charge on any atom is -0.476 e. The standard InChI is InChI=1S/C6H6ClN3O3.C5H3Cl2N3O2/c1-13-6-5(10(11)12)3(8)2-4(7)9-6;6-3-1-2(8)4(10(11)12)5(7)9-3/h2H,1H3,(H2,8,9);1H,(H2,8,9). The highest BCUT2D eigenvalue weighted by atomic mass is 35.5. The van der Waals surface area contributed by atoms with Crippen molar-refractivity contribution in [2.24, 2.45) is 0 Å². The van der Waals surface area contributed by atoms with Crippen molar-refractivity contribution in [3.63, 3.8) is 0 Å². The summed E-state index contributed by atoms with van der Waals surface area (Å²) in [5.74, 6) is -0.185. The Morgan fingerprint density at radius 2 is 1.40 bits per heavy atom. The third-order valence-corrected chi connectivity index (χ3v) is 3.12. The van der Waals surface area contributed by atoms with Crippen molar-refractivity contribution in [2.75, 3.05) is 18.6 Å². The molecule has 2 rings (SSSR count). The number of rotatable bonds is 3. The van der Waals surface area contributed by atoms with Gasteiger partial charge in [0.15, 0.2) is 0 Å². The molecule has 0 atom stereocenters. The number of nitrogens with zero attached hydrogens (tertiary/aromatic N) is 4. The lowest BCUT2D eigenvalue weighted by atomic mass is 10.3. The summed E-state index contributed by atoms with van der Waals surface area (Å²) in [5, 5.41) is 20.6. The molecule has 0 bridgehead atoms. The lowest BCUT2D eigenvalue weighted by Gasteiger charge is -2.02. The molecule has 0 aliphatic carbocycles. The zero-order valence-electron chi connectivity index (χ0n) is 12.3. The van der Waals surface area contributed by atoms with E-state index >= 15 is 0 Å². The van der Waals surface area contributed by atoms with Crippen LogP contribution in [-0.2, 0) is 0 Å². The molecule has 14 heteroatoms. The van der Waals surface area contributed by atoms with Gasteiger partial charge in [-0.15, -0.1) is 0 Å². The Labute approximate surface area is 154 Å². The largest absolute Gasteiger partial charge is 0.476 e. The van der Waals surface area contributed by atoms with Gasteiger partial charge in [-0.2, -0.15) is 4.98 Å². The van der Waals surface area contributed by atoms with Gasteiger partial charge in [-0.05, 0) is 0 Å². The lowest BCUT2D eigenvalue weighted by molar-refractivity contribution is -0.385. The first-order chi connectivity index (χ1) is 11.6. The van der Waals surface area contributed by atoms with Crippen LogP contribution in [0.25, 0.3) is 0 Å². The summed E-state index contributed by atoms with van der Waals surface area (Å²) in [7, 11) is 1.26. The van der Waals surface area contributed by atoms with Crippen LogP contribution in [0.4, 0.5) is 22.7 Å². The van der Waals surface area contributed by atoms with Gasteiger partial charge < -0.3 is 16.2 Å². The quantitative estimate of drug-likeness (QED) is 0.436. The molecule has 0 spiro atoms. The Morgan fingerprint density at radius 1 is 0.960 bits per heavy atom. The molecule has 134 valence electrons. The fraction of sp³-hybridized carbons (Fsp3) is 0.0909. The molecule has 0 aliphatic heterocycles. The third kappa shape index (κ3) is 5.17. The van der Waals surface area contributed by atoms with E-state index < -0.39 is 15.5 Å². The summed E-state index contributed by atoms with van der Waals surface area (Å²) < 4.78 is 4.65. The molecule has 25 heavy (non-hydrogen) atoms. The third-order valence-electron chi connectivity index (χ3n) is 2.47. The van der Waals surface area contributed by atoms with Gasteiger partial charge in [0.1, 0.15) is 21.7 Å². The summed E-state index contributed by atoms with van der Waals surface area (Å²) in [6, 6.07) is 2.37. The van der Waals surface area contributed by atoms with Crippen molar-refractivity contribution in [1.82, 2.24) is 9.97 Å². The first-order valence-electron chi connectivity index (χ1n) is 5.98. The number of hydrogen-bond donors (Lipinski definition) is 2. The van der Waals surface area contributed by atoms with Crippen molar-refractivity contribution < 1.29 is 14.6 Å². The predicted molar refractivity (Wildman–Crippen MR) is 92.2 cm³/mol. The molecule has 0 saturated heterocycles. The SMILES string of the molecule is COc1nc(Cl)cc(N)c1[N+](=O)[O-].Nc1cc(Cl)nc(Cl)c1[N+](=O)[O-]. The highest BCUT2D eigenvalue weighted by Gasteiger charge is 2.21. The van der Waals surface area contributed by atoms with E-state index in [-0.39, 0.29) is 38.4 Å². The average Bonchev–Trinajstić information content (AvgIpc) is 2.44. The molecule has 0 radical (unpaired) electrons. The number of anilines is 2. The molecule has 0 aromatic carbocycles. The van der Waals surface area contributed by atoms with E-state index in [9.17, 15) is 20.2 Å². The number of nitrogens with two attached hydrogens (primary N) is 2. The van der Waals surface area contributed by atoms with Crippen LogP contribution >= 0.6 is 34.8 Å². The van der Waals surface area contributed by atoms with Crippen molar-refractivity contribution >= 4 is 57.6 Å². The second-order valence-electron chi connectivity index (χ2n) is 4.08. The van der Waals surface area contributed by atoms with Crippen LogP contribution in [0.15, 0.2) is 12.1 Å². The molecule has 4 N–H and O–H groups in total. The maximum Gasteiger partial charge on any atom is 0.353 e. The molecule has 2 aromatic heterocycles. The van der Waals surface area contributed by atoms with Gasteiger partial charge in [0.25, 0.3) is 5.88 Å². The number of halogens is 3. The van der Waals surface area contributed by atoms with Crippen molar-refractivity contribution in [1.29, 1.82) is 0 Å². The monoisotopic (exact) mass is 410 g/mol. The van der Waals surface area contributed by atoms with Gasteiger partial charge in [0.05, 0.1) is 17.0 Å². The van der Waals surface area contributed by atoms with E-state index in [4.69, 9.17) is 46.3 Å². The second kappa shape index (κ2) is 8.46. The predicted octanol–water partition coefficient (Wildman–Crippen LogP) is 3.11. The first kappa shape index (κ1) is 20.4. The zero-order chi connectivity index (χ0) is 19.3. The van der Waals surface area contributed by atoms with Crippen LogP contribution in [0.1, 0.15) is 0 Å². The van der Waals surface area contributed by atoms with E-state index in [1.807, 2.05) is 0 Å². The Balaban J connectivity index is 0.000000251. The van der Waals surface area contributed by atoms with Gasteiger partial charge in [-0.3, -0.25) is 20.2 Å². The lowest BCUT2D eigenvalue weighted by Crippen LogP contribution is -2.01. The molecular weight excluding hydrogens is 403 g/mol. The van der Waals surface area contributed by atoms with Crippen LogP contribution in [0.2, 0.25) is 15.5 Å². The number of methoxy groups -OCH3 is 1. The maximum atomic E-state index is 10.5. The van der Waals surface area contributed by atoms with E-state index in [1.165, 1.54) is 19.2 Å². The van der Waals surface area contributed by atoms with E-state index in [0.29, 0.717) is 0 Å². The normalized spacial score (nSPS) is 9.76. The smallest absolute Gasteiger partial charge is 0.353 e. The van der Waals surface area contributed by atoms with Gasteiger partial charge in [-0.1, -0.05) is 34.8 Å². The topological polar surface area (TPSA) is 173 Å². The van der Waals surface area contributed by atoms with Crippen LogP contribution < -0.4 is 16.2 Å². The first-order valence-corrected chi connectivity index (χ1v) is 7.12. The molecule has 0 amide bonds. The number of nitro groups is 2. The Hall–Kier alpha value is -2.63. The minimum atomic E-state index is -0.707. The van der Waals surface area contributed by atoms with Gasteiger partial charge in [0.2, 0.25) is 5.15 Å². The Bertz CT molecular complexity index is 811. The van der Waals surface area contributed by atoms with Crippen molar-refractivity contribution in [2.45, 2.75) is 0 Å². The summed E-state index contributed by atoms with van der Waals surface area (Å²) in [6.07, 6.45) is 0. The Morgan fingerprint density at radius 3 is 1.80 bits per heavy atom. The Kier molecular flexibility index (Phi) is 6.91. The minimum absolute atomic E-state index is 0.0306. The molecule has 11 nitrogen and oxygen atoms in total. The number of nitrogen functional groups attached to an aromatic ring is 2. The molecule has 2 aromatic rings. The van der Waals surface area contributed by atoms with Gasteiger partial charge in [-0.25, -0.2) is 4.98 Å². The molecule has 0 unspecified atom stereocenters. The number of aromatic nitrogens is 2. The molecule has 0 saturated carbocycles. The number of pyridine rings is 2. The van der Waals surface area contributed by atoms with E-state index in [2.05, 4.69) is 14.7 Å². The summed E-state index contributed by atoms with van der Waals surface area (Å²) in [4.78, 5) is 26.5. The molecular formula is C11H9Cl3N6O5. The average molecular weight is 412 g/mol. The van der Waals surface area contributed by atoms with E-state index in [0.717, 1.165) is 0 Å². The molecule has 0 aliphatic rings. The van der Waals surface area contributed by atoms with Gasteiger partial charge in [0, 0.05) is 12.1 Å². The van der Waals surface area contributed by atoms with Crippen LogP contribution in [0, 0.1) is 20.2 Å². The van der Waals surface area contributed by atoms with Crippen molar-refractivity contribution in [3.05, 3.63) is 47.8 Å². The zero-order valence-corrected chi connectivity index (χ0v) is 14.5. The van der Waals surface area contributed by atoms with E-state index in [1.54, 1.807) is 0 Å². The van der Waals surface area contributed by atoms with Crippen LogP contribution in [0.5, 0.6) is 5.88 Å². The highest BCUT2D eigenvalue weighted by molar-refractivity contribution is 6.34. The second-order valence-corrected chi connectivity index (χ2v) is 5.21. The summed E-state index contributed by atoms with van der Waals surface area (Å²) in [6.45, 7) is 0. The summed E-state index contributed by atoms with van der Waals surface area (Å²) in [5.41, 5.74) is 9.68.